The first-order chi connectivity index (χ1) is 14.0. The number of anilines is 1. The minimum atomic E-state index is -3.98. The molecule has 1 N–H and O–H groups in total. The zero-order chi connectivity index (χ0) is 22.1. The van der Waals surface area contributed by atoms with Crippen LogP contribution in [0.25, 0.3) is 11.1 Å². The molecule has 0 bridgehead atoms. The Kier molecular flexibility index (Phi) is 6.16. The van der Waals surface area contributed by atoms with E-state index in [9.17, 15) is 13.2 Å². The molecule has 2 aromatic heterocycles. The molecular formula is C21H24N2O5S2. The van der Waals surface area contributed by atoms with Gasteiger partial charge in [-0.1, -0.05) is 23.4 Å². The first kappa shape index (κ1) is 22.2. The molecule has 3 rings (SSSR count). The minimum absolute atomic E-state index is 0.0786. The van der Waals surface area contributed by atoms with Crippen molar-refractivity contribution in [3.05, 3.63) is 52.0 Å². The van der Waals surface area contributed by atoms with E-state index in [1.165, 1.54) is 17.4 Å². The molecule has 30 heavy (non-hydrogen) atoms. The lowest BCUT2D eigenvalue weighted by Gasteiger charge is -2.19. The molecule has 0 unspecified atom stereocenters. The Morgan fingerprint density at radius 2 is 1.90 bits per heavy atom. The highest BCUT2D eigenvalue weighted by Crippen LogP contribution is 2.34. The zero-order valence-electron chi connectivity index (χ0n) is 17.5. The van der Waals surface area contributed by atoms with E-state index in [4.69, 9.17) is 9.26 Å². The Hall–Kier alpha value is -2.49. The van der Waals surface area contributed by atoms with Crippen molar-refractivity contribution < 1.29 is 22.5 Å². The average Bonchev–Trinajstić information content (AvgIpc) is 3.25. The third-order valence-electron chi connectivity index (χ3n) is 4.28. The summed E-state index contributed by atoms with van der Waals surface area (Å²) in [6, 6.07) is 8.19. The molecule has 0 aliphatic carbocycles. The molecule has 0 aliphatic rings. The number of carbonyl (C=O) groups excluding carboxylic acids is 1. The van der Waals surface area contributed by atoms with Crippen molar-refractivity contribution in [1.82, 2.24) is 5.16 Å². The van der Waals surface area contributed by atoms with Gasteiger partial charge in [0.1, 0.15) is 12.4 Å². The van der Waals surface area contributed by atoms with E-state index >= 15 is 0 Å². The van der Waals surface area contributed by atoms with Crippen molar-refractivity contribution in [3.63, 3.8) is 0 Å². The minimum Gasteiger partial charge on any atom is -0.368 e. The van der Waals surface area contributed by atoms with Crippen LogP contribution in [0.4, 0.5) is 5.69 Å². The van der Waals surface area contributed by atoms with Gasteiger partial charge < -0.3 is 9.26 Å². The predicted octanol–water partition coefficient (Wildman–Crippen LogP) is 4.82. The molecule has 0 radical (unpaired) electrons. The molecule has 0 spiro atoms. The Morgan fingerprint density at radius 3 is 2.53 bits per heavy atom. The van der Waals surface area contributed by atoms with Crippen LogP contribution in [0.5, 0.6) is 0 Å². The number of aryl methyl sites for hydroxylation is 2. The van der Waals surface area contributed by atoms with Gasteiger partial charge in [-0.3, -0.25) is 9.52 Å². The molecule has 0 amide bonds. The van der Waals surface area contributed by atoms with Gasteiger partial charge in [-0.2, -0.15) is 0 Å². The Morgan fingerprint density at radius 1 is 1.20 bits per heavy atom. The first-order valence-electron chi connectivity index (χ1n) is 9.29. The molecule has 0 saturated carbocycles. The first-order valence-corrected chi connectivity index (χ1v) is 11.7. The number of hydrogen-bond donors (Lipinski definition) is 1. The number of ketones is 1. The second kappa shape index (κ2) is 8.33. The SMILES string of the molecule is Cc1noc(C)c1-c1ccccc1S(=O)(=O)Nc1ccsc1C(=O)COC(C)(C)C. The lowest BCUT2D eigenvalue weighted by Crippen LogP contribution is -2.24. The lowest BCUT2D eigenvalue weighted by molar-refractivity contribution is 0.00326. The fraction of sp³-hybridized carbons (Fsp3) is 0.333. The fourth-order valence-corrected chi connectivity index (χ4v) is 5.06. The van der Waals surface area contributed by atoms with Gasteiger partial charge in [0.25, 0.3) is 10.0 Å². The van der Waals surface area contributed by atoms with E-state index in [0.717, 1.165) is 0 Å². The van der Waals surface area contributed by atoms with E-state index in [-0.39, 0.29) is 23.0 Å². The highest BCUT2D eigenvalue weighted by molar-refractivity contribution is 7.92. The van der Waals surface area contributed by atoms with Crippen molar-refractivity contribution in [2.75, 3.05) is 11.3 Å². The molecule has 1 aromatic carbocycles. The number of nitrogens with zero attached hydrogens (tertiary/aromatic N) is 1. The summed E-state index contributed by atoms with van der Waals surface area (Å²) >= 11 is 1.17. The molecule has 160 valence electrons. The Bertz CT molecular complexity index is 1150. The number of ether oxygens (including phenoxy) is 1. The standard InChI is InChI=1S/C21H24N2O5S2/c1-13-19(14(2)28-22-13)15-8-6-7-9-18(15)30(25,26)23-16-10-11-29-20(16)17(24)12-27-21(3,4)5/h6-11,23H,12H2,1-5H3. The number of benzene rings is 1. The second-order valence-electron chi connectivity index (χ2n) is 7.79. The van der Waals surface area contributed by atoms with Gasteiger partial charge in [0.05, 0.1) is 26.8 Å². The molecule has 9 heteroatoms. The number of sulfonamides is 1. The van der Waals surface area contributed by atoms with Gasteiger partial charge in [-0.15, -0.1) is 11.3 Å². The Labute approximate surface area is 180 Å². The summed E-state index contributed by atoms with van der Waals surface area (Å²) < 4.78 is 39.8. The maximum Gasteiger partial charge on any atom is 0.262 e. The highest BCUT2D eigenvalue weighted by Gasteiger charge is 2.25. The van der Waals surface area contributed by atoms with E-state index in [1.54, 1.807) is 43.5 Å². The number of rotatable bonds is 7. The number of carbonyl (C=O) groups is 1. The summed E-state index contributed by atoms with van der Waals surface area (Å²) in [5.74, 6) is 0.248. The van der Waals surface area contributed by atoms with Crippen LogP contribution in [-0.2, 0) is 14.8 Å². The van der Waals surface area contributed by atoms with Crippen molar-refractivity contribution in [2.24, 2.45) is 0 Å². The second-order valence-corrected chi connectivity index (χ2v) is 10.4. The van der Waals surface area contributed by atoms with Crippen LogP contribution in [0.3, 0.4) is 0 Å². The highest BCUT2D eigenvalue weighted by atomic mass is 32.2. The van der Waals surface area contributed by atoms with E-state index in [0.29, 0.717) is 27.5 Å². The molecule has 0 saturated heterocycles. The maximum atomic E-state index is 13.2. The van der Waals surface area contributed by atoms with Crippen LogP contribution in [0, 0.1) is 13.8 Å². The molecule has 7 nitrogen and oxygen atoms in total. The monoisotopic (exact) mass is 448 g/mol. The molecule has 3 aromatic rings. The van der Waals surface area contributed by atoms with Gasteiger partial charge in [0.15, 0.2) is 0 Å². The van der Waals surface area contributed by atoms with E-state index < -0.39 is 15.6 Å². The van der Waals surface area contributed by atoms with Crippen LogP contribution in [0.1, 0.15) is 41.9 Å². The summed E-state index contributed by atoms with van der Waals surface area (Å²) in [4.78, 5) is 13.0. The predicted molar refractivity (Wildman–Crippen MR) is 117 cm³/mol. The number of aromatic nitrogens is 1. The van der Waals surface area contributed by atoms with Crippen molar-refractivity contribution in [1.29, 1.82) is 0 Å². The molecular weight excluding hydrogens is 424 g/mol. The topological polar surface area (TPSA) is 98.5 Å². The summed E-state index contributed by atoms with van der Waals surface area (Å²) in [7, 11) is -3.98. The van der Waals surface area contributed by atoms with Crippen molar-refractivity contribution in [3.8, 4) is 11.1 Å². The summed E-state index contributed by atoms with van der Waals surface area (Å²) in [5.41, 5.74) is 1.48. The number of Topliss-reactive ketones (excluding diaryl/α,β-unsaturated/α-hetero) is 1. The molecule has 0 fully saturated rings. The van der Waals surface area contributed by atoms with E-state index in [1.807, 2.05) is 20.8 Å². The van der Waals surface area contributed by atoms with Crippen molar-refractivity contribution >= 4 is 32.8 Å². The van der Waals surface area contributed by atoms with Crippen LogP contribution in [-0.4, -0.2) is 31.6 Å². The smallest absolute Gasteiger partial charge is 0.262 e. The third kappa shape index (κ3) is 4.80. The normalized spacial score (nSPS) is 12.2. The number of hydrogen-bond acceptors (Lipinski definition) is 7. The van der Waals surface area contributed by atoms with Gasteiger partial charge in [-0.25, -0.2) is 8.42 Å². The quantitative estimate of drug-likeness (QED) is 0.521. The van der Waals surface area contributed by atoms with Gasteiger partial charge in [0, 0.05) is 11.1 Å². The summed E-state index contributed by atoms with van der Waals surface area (Å²) in [6.07, 6.45) is 0. The summed E-state index contributed by atoms with van der Waals surface area (Å²) in [6.45, 7) is 8.91. The maximum absolute atomic E-state index is 13.2. The fourth-order valence-electron chi connectivity index (χ4n) is 2.93. The molecule has 0 atom stereocenters. The van der Waals surface area contributed by atoms with Crippen LogP contribution >= 0.6 is 11.3 Å². The number of nitrogens with one attached hydrogen (secondary N) is 1. The Balaban J connectivity index is 1.94. The molecule has 2 heterocycles. The zero-order valence-corrected chi connectivity index (χ0v) is 19.1. The van der Waals surface area contributed by atoms with Gasteiger partial charge in [-0.05, 0) is 52.1 Å². The van der Waals surface area contributed by atoms with Crippen LogP contribution in [0.15, 0.2) is 45.1 Å². The average molecular weight is 449 g/mol. The third-order valence-corrected chi connectivity index (χ3v) is 6.66. The van der Waals surface area contributed by atoms with Gasteiger partial charge in [0.2, 0.25) is 5.78 Å². The number of thiophene rings is 1. The van der Waals surface area contributed by atoms with Crippen LogP contribution in [0.2, 0.25) is 0 Å². The molecule has 0 aliphatic heterocycles. The summed E-state index contributed by atoms with van der Waals surface area (Å²) in [5, 5.41) is 5.59. The van der Waals surface area contributed by atoms with E-state index in [2.05, 4.69) is 9.88 Å². The van der Waals surface area contributed by atoms with Gasteiger partial charge >= 0.3 is 0 Å². The van der Waals surface area contributed by atoms with Crippen molar-refractivity contribution in [2.45, 2.75) is 45.1 Å². The van der Waals surface area contributed by atoms with Crippen LogP contribution < -0.4 is 4.72 Å². The largest absolute Gasteiger partial charge is 0.368 e. The lowest BCUT2D eigenvalue weighted by atomic mass is 10.0.